The second kappa shape index (κ2) is 3.68. The van der Waals surface area contributed by atoms with Gasteiger partial charge in [0.1, 0.15) is 5.82 Å². The molecule has 0 aliphatic carbocycles. The zero-order valence-electron chi connectivity index (χ0n) is 7.57. The normalized spacial score (nSPS) is 10.8. The van der Waals surface area contributed by atoms with E-state index >= 15 is 0 Å². The lowest BCUT2D eigenvalue weighted by Gasteiger charge is -1.90. The van der Waals surface area contributed by atoms with Crippen molar-refractivity contribution in [2.45, 2.75) is 6.54 Å². The predicted octanol–water partition coefficient (Wildman–Crippen LogP) is 1.66. The molecule has 14 heavy (non-hydrogen) atoms. The molecule has 74 valence electrons. The average molecular weight is 229 g/mol. The van der Waals surface area contributed by atoms with Gasteiger partial charge in [-0.2, -0.15) is 5.10 Å². The van der Waals surface area contributed by atoms with E-state index in [-0.39, 0.29) is 0 Å². The molecule has 2 N–H and O–H groups in total. The van der Waals surface area contributed by atoms with E-state index in [9.17, 15) is 0 Å². The summed E-state index contributed by atoms with van der Waals surface area (Å²) < 4.78 is 2.42. The van der Waals surface area contributed by atoms with Crippen LogP contribution < -0.4 is 5.73 Å². The van der Waals surface area contributed by atoms with E-state index in [2.05, 4.69) is 10.1 Å². The quantitative estimate of drug-likeness (QED) is 0.851. The van der Waals surface area contributed by atoms with Gasteiger partial charge < -0.3 is 5.73 Å². The van der Waals surface area contributed by atoms with Crippen molar-refractivity contribution in [1.29, 1.82) is 0 Å². The summed E-state index contributed by atoms with van der Waals surface area (Å²) in [4.78, 5) is 5.25. The van der Waals surface area contributed by atoms with E-state index in [1.54, 1.807) is 4.68 Å². The first-order valence-corrected chi connectivity index (χ1v) is 5.26. The average Bonchev–Trinajstić information content (AvgIpc) is 2.71. The molecule has 0 unspecified atom stereocenters. The molecule has 0 bridgehead atoms. The third-order valence-corrected chi connectivity index (χ3v) is 3.06. The number of aryl methyl sites for hydroxylation is 1. The molecule has 0 fully saturated rings. The zero-order chi connectivity index (χ0) is 10.1. The Kier molecular flexibility index (Phi) is 2.54. The van der Waals surface area contributed by atoms with E-state index in [0.29, 0.717) is 12.4 Å². The molecule has 0 saturated carbocycles. The van der Waals surface area contributed by atoms with Gasteiger partial charge in [-0.15, -0.1) is 11.3 Å². The Bertz CT molecular complexity index is 448. The molecule has 6 heteroatoms. The minimum Gasteiger partial charge on any atom is -0.324 e. The summed E-state index contributed by atoms with van der Waals surface area (Å²) in [6.07, 6.45) is 0. The number of rotatable bonds is 2. The summed E-state index contributed by atoms with van der Waals surface area (Å²) in [6, 6.07) is 3.74. The lowest BCUT2D eigenvalue weighted by atomic mass is 10.4. The Morgan fingerprint density at radius 2 is 2.36 bits per heavy atom. The lowest BCUT2D eigenvalue weighted by molar-refractivity contribution is 0.703. The molecular formula is C8H9ClN4S. The topological polar surface area (TPSA) is 56.7 Å². The van der Waals surface area contributed by atoms with Crippen LogP contribution in [0.1, 0.15) is 5.82 Å². The van der Waals surface area contributed by atoms with Crippen LogP contribution in [0.25, 0.3) is 10.7 Å². The molecule has 0 aromatic carbocycles. The molecule has 0 aliphatic heterocycles. The Morgan fingerprint density at radius 3 is 2.86 bits per heavy atom. The van der Waals surface area contributed by atoms with Gasteiger partial charge in [0.25, 0.3) is 0 Å². The maximum absolute atomic E-state index is 5.82. The largest absolute Gasteiger partial charge is 0.324 e. The monoisotopic (exact) mass is 228 g/mol. The smallest absolute Gasteiger partial charge is 0.191 e. The predicted molar refractivity (Wildman–Crippen MR) is 57.2 cm³/mol. The van der Waals surface area contributed by atoms with E-state index in [4.69, 9.17) is 17.3 Å². The first kappa shape index (κ1) is 9.64. The summed E-state index contributed by atoms with van der Waals surface area (Å²) >= 11 is 7.28. The maximum atomic E-state index is 5.82. The number of nitrogens with zero attached hydrogens (tertiary/aromatic N) is 3. The molecule has 0 spiro atoms. The van der Waals surface area contributed by atoms with Gasteiger partial charge in [0.05, 0.1) is 15.8 Å². The van der Waals surface area contributed by atoms with E-state index in [1.165, 1.54) is 11.3 Å². The summed E-state index contributed by atoms with van der Waals surface area (Å²) in [5.74, 6) is 1.45. The van der Waals surface area contributed by atoms with Gasteiger partial charge in [-0.25, -0.2) is 4.98 Å². The van der Waals surface area contributed by atoms with Crippen molar-refractivity contribution in [3.05, 3.63) is 22.3 Å². The Morgan fingerprint density at radius 1 is 1.57 bits per heavy atom. The minimum absolute atomic E-state index is 0.391. The number of halogens is 1. The van der Waals surface area contributed by atoms with E-state index in [1.807, 2.05) is 19.2 Å². The van der Waals surface area contributed by atoms with Gasteiger partial charge in [0.2, 0.25) is 0 Å². The van der Waals surface area contributed by atoms with E-state index < -0.39 is 0 Å². The van der Waals surface area contributed by atoms with Crippen molar-refractivity contribution in [3.8, 4) is 10.7 Å². The van der Waals surface area contributed by atoms with Crippen molar-refractivity contribution >= 4 is 22.9 Å². The van der Waals surface area contributed by atoms with Crippen molar-refractivity contribution in [2.75, 3.05) is 0 Å². The van der Waals surface area contributed by atoms with E-state index in [0.717, 1.165) is 15.0 Å². The van der Waals surface area contributed by atoms with Gasteiger partial charge in [0.15, 0.2) is 5.82 Å². The minimum atomic E-state index is 0.391. The van der Waals surface area contributed by atoms with Gasteiger partial charge in [0, 0.05) is 7.05 Å². The third-order valence-electron chi connectivity index (χ3n) is 1.83. The van der Waals surface area contributed by atoms with Crippen LogP contribution in [0.15, 0.2) is 12.1 Å². The highest BCUT2D eigenvalue weighted by Gasteiger charge is 2.09. The SMILES string of the molecule is Cn1nc(-c2ccc(Cl)s2)nc1CN. The number of thiophene rings is 1. The molecule has 0 amide bonds. The first-order valence-electron chi connectivity index (χ1n) is 4.06. The van der Waals surface area contributed by atoms with Gasteiger partial charge >= 0.3 is 0 Å². The van der Waals surface area contributed by atoms with Gasteiger partial charge in [-0.3, -0.25) is 4.68 Å². The Labute approximate surface area is 90.3 Å². The molecule has 4 nitrogen and oxygen atoms in total. The van der Waals surface area contributed by atoms with Crippen molar-refractivity contribution in [2.24, 2.45) is 12.8 Å². The molecular weight excluding hydrogens is 220 g/mol. The highest BCUT2D eigenvalue weighted by atomic mass is 35.5. The molecule has 0 atom stereocenters. The molecule has 2 aromatic heterocycles. The number of aromatic nitrogens is 3. The number of hydrogen-bond donors (Lipinski definition) is 1. The molecule has 0 radical (unpaired) electrons. The molecule has 2 aromatic rings. The second-order valence-corrected chi connectivity index (χ2v) is 4.50. The molecule has 2 rings (SSSR count). The Balaban J connectivity index is 2.42. The van der Waals surface area contributed by atoms with Crippen LogP contribution in [-0.4, -0.2) is 14.8 Å². The second-order valence-electron chi connectivity index (χ2n) is 2.78. The molecule has 0 aliphatic rings. The summed E-state index contributed by atoms with van der Waals surface area (Å²) in [5, 5.41) is 4.24. The van der Waals surface area contributed by atoms with Crippen LogP contribution in [-0.2, 0) is 13.6 Å². The Hall–Kier alpha value is -0.910. The van der Waals surface area contributed by atoms with Gasteiger partial charge in [-0.1, -0.05) is 11.6 Å². The number of hydrogen-bond acceptors (Lipinski definition) is 4. The summed E-state index contributed by atoms with van der Waals surface area (Å²) in [6.45, 7) is 0.391. The van der Waals surface area contributed by atoms with Crippen LogP contribution in [0, 0.1) is 0 Å². The molecule has 2 heterocycles. The van der Waals surface area contributed by atoms with Crippen molar-refractivity contribution in [3.63, 3.8) is 0 Å². The third kappa shape index (κ3) is 1.66. The molecule has 0 saturated heterocycles. The van der Waals surface area contributed by atoms with Crippen LogP contribution in [0.5, 0.6) is 0 Å². The fourth-order valence-corrected chi connectivity index (χ4v) is 2.11. The highest BCUT2D eigenvalue weighted by Crippen LogP contribution is 2.28. The first-order chi connectivity index (χ1) is 6.70. The maximum Gasteiger partial charge on any atom is 0.191 e. The number of nitrogens with two attached hydrogens (primary N) is 1. The van der Waals surface area contributed by atoms with Crippen LogP contribution in [0.2, 0.25) is 4.34 Å². The van der Waals surface area contributed by atoms with Crippen LogP contribution in [0.4, 0.5) is 0 Å². The van der Waals surface area contributed by atoms with Crippen molar-refractivity contribution in [1.82, 2.24) is 14.8 Å². The van der Waals surface area contributed by atoms with Crippen LogP contribution >= 0.6 is 22.9 Å². The summed E-state index contributed by atoms with van der Waals surface area (Å²) in [5.41, 5.74) is 5.50. The van der Waals surface area contributed by atoms with Crippen LogP contribution in [0.3, 0.4) is 0 Å². The fraction of sp³-hybridized carbons (Fsp3) is 0.250. The lowest BCUT2D eigenvalue weighted by Crippen LogP contribution is -2.05. The summed E-state index contributed by atoms with van der Waals surface area (Å²) in [7, 11) is 1.83. The standard InChI is InChI=1S/C8H9ClN4S/c1-13-7(4-10)11-8(12-13)5-2-3-6(9)14-5/h2-3H,4,10H2,1H3. The van der Waals surface area contributed by atoms with Gasteiger partial charge in [-0.05, 0) is 12.1 Å². The fourth-order valence-electron chi connectivity index (χ4n) is 1.13. The van der Waals surface area contributed by atoms with Crippen molar-refractivity contribution < 1.29 is 0 Å². The zero-order valence-corrected chi connectivity index (χ0v) is 9.14. The highest BCUT2D eigenvalue weighted by molar-refractivity contribution is 7.19.